The van der Waals surface area contributed by atoms with Gasteiger partial charge in [0.05, 0.1) is 29.0 Å². The van der Waals surface area contributed by atoms with Crippen LogP contribution < -0.4 is 10.6 Å². The molecule has 0 saturated heterocycles. The van der Waals surface area contributed by atoms with Crippen LogP contribution in [0.3, 0.4) is 0 Å². The van der Waals surface area contributed by atoms with Crippen molar-refractivity contribution < 1.29 is 27.9 Å². The number of urea groups is 1. The summed E-state index contributed by atoms with van der Waals surface area (Å²) in [5.41, 5.74) is 1.21. The Morgan fingerprint density at radius 3 is 2.72 bits per heavy atom. The summed E-state index contributed by atoms with van der Waals surface area (Å²) in [6, 6.07) is 7.33. The van der Waals surface area contributed by atoms with Gasteiger partial charge in [-0.05, 0) is 48.2 Å². The number of nitrogens with one attached hydrogen (secondary N) is 2. The van der Waals surface area contributed by atoms with Crippen LogP contribution >= 0.6 is 0 Å². The molecule has 3 aromatic rings. The normalized spacial score (nSPS) is 15.9. The fourth-order valence-electron chi connectivity index (χ4n) is 3.57. The van der Waals surface area contributed by atoms with E-state index in [1.807, 2.05) is 0 Å². The monoisotopic (exact) mass is 404 g/mol. The largest absolute Gasteiger partial charge is 0.463 e. The highest BCUT2D eigenvalue weighted by molar-refractivity contribution is 6.02. The second-order valence-corrected chi connectivity index (χ2v) is 6.68. The third-order valence-corrected chi connectivity index (χ3v) is 4.90. The Morgan fingerprint density at radius 2 is 2.00 bits per heavy atom. The number of halogens is 3. The molecule has 4 rings (SSSR count). The second kappa shape index (κ2) is 6.80. The summed E-state index contributed by atoms with van der Waals surface area (Å²) in [5, 5.41) is 18.8. The highest BCUT2D eigenvalue weighted by Crippen LogP contribution is 2.36. The van der Waals surface area contributed by atoms with Crippen LogP contribution in [0.2, 0.25) is 0 Å². The molecule has 1 aliphatic rings. The molecule has 2 aromatic carbocycles. The van der Waals surface area contributed by atoms with Crippen LogP contribution in [-0.4, -0.2) is 27.0 Å². The summed E-state index contributed by atoms with van der Waals surface area (Å²) in [6.45, 7) is 0. The molecule has 0 bridgehead atoms. The lowest BCUT2D eigenvalue weighted by molar-refractivity contribution is -0.137. The predicted molar refractivity (Wildman–Crippen MR) is 97.8 cm³/mol. The Balaban J connectivity index is 1.51. The third-order valence-electron chi connectivity index (χ3n) is 4.90. The molecule has 2 amide bonds. The SMILES string of the molecule is O=C(Nc1cccc2c1cnn2C(=O)O)NC1CCc2cc(C(F)(F)F)ccc21. The smallest absolute Gasteiger partial charge is 0.432 e. The van der Waals surface area contributed by atoms with Gasteiger partial charge in [0, 0.05) is 5.39 Å². The number of carbonyl (C=O) groups is 2. The molecule has 1 unspecified atom stereocenters. The molecule has 29 heavy (non-hydrogen) atoms. The number of alkyl halides is 3. The number of benzene rings is 2. The van der Waals surface area contributed by atoms with Crippen molar-refractivity contribution in [3.63, 3.8) is 0 Å². The van der Waals surface area contributed by atoms with Gasteiger partial charge in [0.15, 0.2) is 0 Å². The van der Waals surface area contributed by atoms with Crippen LogP contribution in [0.15, 0.2) is 42.6 Å². The van der Waals surface area contributed by atoms with E-state index in [4.69, 9.17) is 5.11 Å². The maximum absolute atomic E-state index is 12.9. The van der Waals surface area contributed by atoms with Crippen LogP contribution in [0, 0.1) is 0 Å². The standard InChI is InChI=1S/C19H15F3N4O3/c20-19(21,22)11-5-6-12-10(8-11)4-7-15(12)25-17(27)24-14-2-1-3-16-13(14)9-23-26(16)18(28)29/h1-3,5-6,8-9,15H,4,7H2,(H,28,29)(H2,24,25,27). The summed E-state index contributed by atoms with van der Waals surface area (Å²) in [4.78, 5) is 23.6. The molecule has 0 spiro atoms. The highest BCUT2D eigenvalue weighted by Gasteiger charge is 2.33. The number of rotatable bonds is 2. The van der Waals surface area contributed by atoms with Gasteiger partial charge in [0.1, 0.15) is 0 Å². The topological polar surface area (TPSA) is 96.2 Å². The number of carbonyl (C=O) groups excluding carboxylic acids is 1. The maximum Gasteiger partial charge on any atom is 0.432 e. The average molecular weight is 404 g/mol. The van der Waals surface area contributed by atoms with Crippen molar-refractivity contribution in [2.45, 2.75) is 25.1 Å². The molecule has 0 aliphatic heterocycles. The number of aryl methyl sites for hydroxylation is 1. The first-order valence-electron chi connectivity index (χ1n) is 8.71. The lowest BCUT2D eigenvalue weighted by Crippen LogP contribution is -2.31. The minimum absolute atomic E-state index is 0.321. The summed E-state index contributed by atoms with van der Waals surface area (Å²) in [7, 11) is 0. The van der Waals surface area contributed by atoms with Crippen molar-refractivity contribution in [3.8, 4) is 0 Å². The number of nitrogens with zero attached hydrogens (tertiary/aromatic N) is 2. The van der Waals surface area contributed by atoms with E-state index in [9.17, 15) is 22.8 Å². The lowest BCUT2D eigenvalue weighted by Gasteiger charge is -2.16. The fourth-order valence-corrected chi connectivity index (χ4v) is 3.57. The highest BCUT2D eigenvalue weighted by atomic mass is 19.4. The fraction of sp³-hybridized carbons (Fsp3) is 0.211. The zero-order valence-corrected chi connectivity index (χ0v) is 14.8. The number of carboxylic acid groups (broad SMARTS) is 1. The van der Waals surface area contributed by atoms with Crippen LogP contribution in [0.5, 0.6) is 0 Å². The predicted octanol–water partition coefficient (Wildman–Crippen LogP) is 4.39. The Kier molecular flexibility index (Phi) is 4.40. The maximum atomic E-state index is 12.9. The Hall–Kier alpha value is -3.56. The van der Waals surface area contributed by atoms with E-state index >= 15 is 0 Å². The molecular formula is C19H15F3N4O3. The first-order valence-corrected chi connectivity index (χ1v) is 8.71. The van der Waals surface area contributed by atoms with Crippen LogP contribution in [0.4, 0.5) is 28.4 Å². The number of hydrogen-bond donors (Lipinski definition) is 3. The molecule has 1 heterocycles. The van der Waals surface area contributed by atoms with Crippen molar-refractivity contribution in [3.05, 3.63) is 59.3 Å². The summed E-state index contributed by atoms with van der Waals surface area (Å²) in [5.74, 6) is 0. The van der Waals surface area contributed by atoms with E-state index in [-0.39, 0.29) is 0 Å². The zero-order valence-electron chi connectivity index (χ0n) is 14.8. The van der Waals surface area contributed by atoms with Gasteiger partial charge >= 0.3 is 18.3 Å². The van der Waals surface area contributed by atoms with Gasteiger partial charge in [-0.1, -0.05) is 12.1 Å². The van der Waals surface area contributed by atoms with Gasteiger partial charge in [0.2, 0.25) is 0 Å². The van der Waals surface area contributed by atoms with Crippen molar-refractivity contribution in [1.82, 2.24) is 15.1 Å². The summed E-state index contributed by atoms with van der Waals surface area (Å²) >= 11 is 0. The summed E-state index contributed by atoms with van der Waals surface area (Å²) in [6.07, 6.45) is -3.39. The molecule has 0 fully saturated rings. The molecule has 7 nitrogen and oxygen atoms in total. The molecule has 0 saturated carbocycles. The average Bonchev–Trinajstić information content (AvgIpc) is 3.25. The van der Waals surface area contributed by atoms with E-state index in [2.05, 4.69) is 15.7 Å². The Bertz CT molecular complexity index is 1120. The molecule has 0 radical (unpaired) electrons. The van der Waals surface area contributed by atoms with Gasteiger partial charge < -0.3 is 15.7 Å². The molecule has 10 heteroatoms. The van der Waals surface area contributed by atoms with Crippen LogP contribution in [0.25, 0.3) is 10.9 Å². The van der Waals surface area contributed by atoms with E-state index in [1.54, 1.807) is 18.2 Å². The minimum atomic E-state index is -4.41. The van der Waals surface area contributed by atoms with E-state index in [0.29, 0.717) is 40.6 Å². The molecule has 1 aliphatic carbocycles. The number of aromatic nitrogens is 2. The Labute approximate surface area is 162 Å². The first-order chi connectivity index (χ1) is 13.7. The van der Waals surface area contributed by atoms with Crippen LogP contribution in [-0.2, 0) is 12.6 Å². The van der Waals surface area contributed by atoms with E-state index < -0.39 is 29.9 Å². The Morgan fingerprint density at radius 1 is 1.21 bits per heavy atom. The van der Waals surface area contributed by atoms with Crippen molar-refractivity contribution in [2.24, 2.45) is 0 Å². The van der Waals surface area contributed by atoms with Gasteiger partial charge in [-0.25, -0.2) is 9.59 Å². The number of anilines is 1. The van der Waals surface area contributed by atoms with Crippen molar-refractivity contribution in [2.75, 3.05) is 5.32 Å². The first kappa shape index (κ1) is 18.8. The van der Waals surface area contributed by atoms with Gasteiger partial charge in [-0.2, -0.15) is 23.0 Å². The van der Waals surface area contributed by atoms with Gasteiger partial charge in [-0.3, -0.25) is 0 Å². The number of fused-ring (bicyclic) bond motifs is 2. The van der Waals surface area contributed by atoms with Crippen LogP contribution in [0.1, 0.15) is 29.2 Å². The molecule has 3 N–H and O–H groups in total. The molecule has 150 valence electrons. The minimum Gasteiger partial charge on any atom is -0.463 e. The lowest BCUT2D eigenvalue weighted by atomic mass is 10.0. The van der Waals surface area contributed by atoms with Gasteiger partial charge in [0.25, 0.3) is 0 Å². The third kappa shape index (κ3) is 3.48. The van der Waals surface area contributed by atoms with E-state index in [1.165, 1.54) is 12.3 Å². The quantitative estimate of drug-likeness (QED) is 0.590. The van der Waals surface area contributed by atoms with Crippen molar-refractivity contribution in [1.29, 1.82) is 0 Å². The second-order valence-electron chi connectivity index (χ2n) is 6.68. The molecular weight excluding hydrogens is 389 g/mol. The zero-order chi connectivity index (χ0) is 20.8. The molecule has 1 atom stereocenters. The van der Waals surface area contributed by atoms with Gasteiger partial charge in [-0.15, -0.1) is 0 Å². The van der Waals surface area contributed by atoms with E-state index in [0.717, 1.165) is 16.8 Å². The summed E-state index contributed by atoms with van der Waals surface area (Å²) < 4.78 is 39.4. The van der Waals surface area contributed by atoms with Crippen molar-refractivity contribution >= 4 is 28.7 Å². The number of hydrogen-bond acceptors (Lipinski definition) is 3. The number of amides is 2. The molecule has 1 aromatic heterocycles.